The molecule has 2 nitrogen and oxygen atoms in total. The summed E-state index contributed by atoms with van der Waals surface area (Å²) < 4.78 is 51.0. The molecule has 0 spiro atoms. The monoisotopic (exact) mass is 285 g/mol. The van der Waals surface area contributed by atoms with Crippen molar-refractivity contribution in [1.29, 1.82) is 0 Å². The van der Waals surface area contributed by atoms with E-state index in [1.165, 1.54) is 19.3 Å². The number of alkyl halides is 3. The molecule has 1 atom stereocenters. The Bertz CT molecular complexity index is 608. The largest absolute Gasteiger partial charge is 0.419 e. The third-order valence-electron chi connectivity index (χ3n) is 3.06. The van der Waals surface area contributed by atoms with E-state index in [1.807, 2.05) is 0 Å². The lowest BCUT2D eigenvalue weighted by Crippen LogP contribution is -2.23. The Morgan fingerprint density at radius 2 is 1.80 bits per heavy atom. The highest BCUT2D eigenvalue weighted by Crippen LogP contribution is 2.35. The SMILES string of the molecule is CC(O)(c1cccnc1)c1ccc(C(F)(F)F)c(F)c1. The number of hydrogen-bond donors (Lipinski definition) is 1. The Labute approximate surface area is 112 Å². The molecule has 106 valence electrons. The fourth-order valence-electron chi connectivity index (χ4n) is 1.87. The van der Waals surface area contributed by atoms with Crippen LogP contribution < -0.4 is 0 Å². The first kappa shape index (κ1) is 14.5. The van der Waals surface area contributed by atoms with Crippen molar-refractivity contribution in [3.8, 4) is 0 Å². The van der Waals surface area contributed by atoms with Crippen LogP contribution in [0.25, 0.3) is 0 Å². The topological polar surface area (TPSA) is 33.1 Å². The maximum atomic E-state index is 13.5. The van der Waals surface area contributed by atoms with E-state index < -0.39 is 23.2 Å². The van der Waals surface area contributed by atoms with Gasteiger partial charge in [0.1, 0.15) is 11.4 Å². The zero-order valence-corrected chi connectivity index (χ0v) is 10.4. The standard InChI is InChI=1S/C14H11F4NO/c1-13(20,10-3-2-6-19-8-10)9-4-5-11(12(15)7-9)14(16,17)18/h2-8,20H,1H3. The lowest BCUT2D eigenvalue weighted by atomic mass is 9.88. The summed E-state index contributed by atoms with van der Waals surface area (Å²) in [5, 5.41) is 10.4. The van der Waals surface area contributed by atoms with Crippen molar-refractivity contribution in [2.45, 2.75) is 18.7 Å². The van der Waals surface area contributed by atoms with E-state index in [2.05, 4.69) is 4.98 Å². The Balaban J connectivity index is 2.47. The highest BCUT2D eigenvalue weighted by atomic mass is 19.4. The predicted octanol–water partition coefficient (Wildman–Crippen LogP) is 3.50. The molecule has 1 aromatic heterocycles. The maximum Gasteiger partial charge on any atom is 0.419 e. The van der Waals surface area contributed by atoms with Crippen LogP contribution in [-0.2, 0) is 11.8 Å². The quantitative estimate of drug-likeness (QED) is 0.857. The summed E-state index contributed by atoms with van der Waals surface area (Å²) in [5.74, 6) is -1.42. The zero-order valence-electron chi connectivity index (χ0n) is 10.4. The predicted molar refractivity (Wildman–Crippen MR) is 64.3 cm³/mol. The molecular weight excluding hydrogens is 274 g/mol. The van der Waals surface area contributed by atoms with Gasteiger partial charge in [0, 0.05) is 18.0 Å². The fourth-order valence-corrected chi connectivity index (χ4v) is 1.87. The van der Waals surface area contributed by atoms with Crippen LogP contribution in [-0.4, -0.2) is 10.1 Å². The number of benzene rings is 1. The van der Waals surface area contributed by atoms with E-state index in [0.29, 0.717) is 17.7 Å². The van der Waals surface area contributed by atoms with Crippen LogP contribution in [0.1, 0.15) is 23.6 Å². The van der Waals surface area contributed by atoms with Gasteiger partial charge in [-0.25, -0.2) is 4.39 Å². The van der Waals surface area contributed by atoms with E-state index in [4.69, 9.17) is 0 Å². The summed E-state index contributed by atoms with van der Waals surface area (Å²) in [6.07, 6.45) is -1.90. The van der Waals surface area contributed by atoms with Crippen molar-refractivity contribution in [1.82, 2.24) is 4.98 Å². The second-order valence-electron chi connectivity index (χ2n) is 4.51. The average molecular weight is 285 g/mol. The second kappa shape index (κ2) is 4.86. The molecule has 0 aliphatic heterocycles. The van der Waals surface area contributed by atoms with Gasteiger partial charge in [-0.05, 0) is 30.7 Å². The van der Waals surface area contributed by atoms with E-state index >= 15 is 0 Å². The molecule has 0 aliphatic carbocycles. The minimum atomic E-state index is -4.76. The first-order valence-corrected chi connectivity index (χ1v) is 5.73. The van der Waals surface area contributed by atoms with Crippen molar-refractivity contribution < 1.29 is 22.7 Å². The Hall–Kier alpha value is -1.95. The number of aliphatic hydroxyl groups is 1. The van der Waals surface area contributed by atoms with Crippen LogP contribution in [0.4, 0.5) is 17.6 Å². The molecule has 0 saturated carbocycles. The molecule has 0 fully saturated rings. The zero-order chi connectivity index (χ0) is 15.0. The maximum absolute atomic E-state index is 13.5. The summed E-state index contributed by atoms with van der Waals surface area (Å²) >= 11 is 0. The van der Waals surface area contributed by atoms with Gasteiger partial charge in [-0.15, -0.1) is 0 Å². The molecule has 1 N–H and O–H groups in total. The third kappa shape index (κ3) is 2.65. The average Bonchev–Trinajstić information content (AvgIpc) is 2.38. The summed E-state index contributed by atoms with van der Waals surface area (Å²) in [5.41, 5.74) is -2.60. The molecule has 0 radical (unpaired) electrons. The van der Waals surface area contributed by atoms with Crippen molar-refractivity contribution in [3.05, 3.63) is 65.2 Å². The van der Waals surface area contributed by atoms with Gasteiger partial charge in [0.15, 0.2) is 0 Å². The van der Waals surface area contributed by atoms with Crippen molar-refractivity contribution in [2.75, 3.05) is 0 Å². The summed E-state index contributed by atoms with van der Waals surface area (Å²) in [6.45, 7) is 1.37. The summed E-state index contributed by atoms with van der Waals surface area (Å²) in [7, 11) is 0. The van der Waals surface area contributed by atoms with Gasteiger partial charge >= 0.3 is 6.18 Å². The first-order chi connectivity index (χ1) is 9.23. The number of rotatable bonds is 2. The van der Waals surface area contributed by atoms with Gasteiger partial charge in [0.25, 0.3) is 0 Å². The lowest BCUT2D eigenvalue weighted by Gasteiger charge is -2.24. The van der Waals surface area contributed by atoms with Gasteiger partial charge in [0.2, 0.25) is 0 Å². The number of hydrogen-bond acceptors (Lipinski definition) is 2. The van der Waals surface area contributed by atoms with Gasteiger partial charge in [-0.2, -0.15) is 13.2 Å². The Morgan fingerprint density at radius 1 is 1.10 bits per heavy atom. The van der Waals surface area contributed by atoms with Crippen LogP contribution in [0.2, 0.25) is 0 Å². The Kier molecular flexibility index (Phi) is 3.52. The van der Waals surface area contributed by atoms with Crippen LogP contribution in [0.15, 0.2) is 42.7 Å². The number of pyridine rings is 1. The lowest BCUT2D eigenvalue weighted by molar-refractivity contribution is -0.140. The summed E-state index contributed by atoms with van der Waals surface area (Å²) in [4.78, 5) is 3.82. The molecule has 2 rings (SSSR count). The minimum absolute atomic E-state index is 0.0241. The number of halogens is 4. The number of aromatic nitrogens is 1. The van der Waals surface area contributed by atoms with Crippen LogP contribution in [0.3, 0.4) is 0 Å². The molecular formula is C14H11F4NO. The molecule has 6 heteroatoms. The van der Waals surface area contributed by atoms with Crippen molar-refractivity contribution in [2.24, 2.45) is 0 Å². The van der Waals surface area contributed by atoms with E-state index in [9.17, 15) is 22.7 Å². The third-order valence-corrected chi connectivity index (χ3v) is 3.06. The van der Waals surface area contributed by atoms with Crippen molar-refractivity contribution in [3.63, 3.8) is 0 Å². The van der Waals surface area contributed by atoms with E-state index in [0.717, 1.165) is 6.07 Å². The highest BCUT2D eigenvalue weighted by Gasteiger charge is 2.35. The minimum Gasteiger partial charge on any atom is -0.381 e. The fraction of sp³-hybridized carbons (Fsp3) is 0.214. The van der Waals surface area contributed by atoms with Crippen molar-refractivity contribution >= 4 is 0 Å². The smallest absolute Gasteiger partial charge is 0.381 e. The van der Waals surface area contributed by atoms with Gasteiger partial charge in [-0.1, -0.05) is 12.1 Å². The number of nitrogens with zero attached hydrogens (tertiary/aromatic N) is 1. The van der Waals surface area contributed by atoms with E-state index in [1.54, 1.807) is 12.1 Å². The Morgan fingerprint density at radius 3 is 2.30 bits per heavy atom. The van der Waals surface area contributed by atoms with E-state index in [-0.39, 0.29) is 5.56 Å². The van der Waals surface area contributed by atoms with Crippen LogP contribution >= 0.6 is 0 Å². The molecule has 2 aromatic rings. The first-order valence-electron chi connectivity index (χ1n) is 5.73. The molecule has 20 heavy (non-hydrogen) atoms. The second-order valence-corrected chi connectivity index (χ2v) is 4.51. The van der Waals surface area contributed by atoms with Gasteiger partial charge in [-0.3, -0.25) is 4.98 Å². The molecule has 0 amide bonds. The highest BCUT2D eigenvalue weighted by molar-refractivity contribution is 5.36. The normalized spacial score (nSPS) is 14.9. The molecule has 1 unspecified atom stereocenters. The molecule has 0 aliphatic rings. The van der Waals surface area contributed by atoms with Crippen LogP contribution in [0, 0.1) is 5.82 Å². The van der Waals surface area contributed by atoms with Gasteiger partial charge < -0.3 is 5.11 Å². The molecule has 0 bridgehead atoms. The van der Waals surface area contributed by atoms with Gasteiger partial charge in [0.05, 0.1) is 5.56 Å². The molecule has 1 heterocycles. The molecule has 1 aromatic carbocycles. The molecule has 0 saturated heterocycles. The van der Waals surface area contributed by atoms with Crippen LogP contribution in [0.5, 0.6) is 0 Å². The summed E-state index contributed by atoms with van der Waals surface area (Å²) in [6, 6.07) is 5.50.